The van der Waals surface area contributed by atoms with Gasteiger partial charge in [0.25, 0.3) is 0 Å². The summed E-state index contributed by atoms with van der Waals surface area (Å²) in [4.78, 5) is 10.8. The average molecular weight is 322 g/mol. The molecule has 0 aliphatic rings. The van der Waals surface area contributed by atoms with Crippen molar-refractivity contribution in [2.75, 3.05) is 11.9 Å². The Morgan fingerprint density at radius 2 is 1.65 bits per heavy atom. The zero-order chi connectivity index (χ0) is 13.9. The second kappa shape index (κ2) is 13.0. The number of anilines is 1. The molecule has 0 radical (unpaired) electrons. The van der Waals surface area contributed by atoms with E-state index in [2.05, 4.69) is 27.2 Å². The van der Waals surface area contributed by atoms with Crippen molar-refractivity contribution in [2.24, 2.45) is 0 Å². The molecule has 0 bridgehead atoms. The molecule has 0 spiro atoms. The van der Waals surface area contributed by atoms with Crippen molar-refractivity contribution in [2.45, 2.75) is 63.4 Å². The van der Waals surface area contributed by atoms with Gasteiger partial charge in [-0.2, -0.15) is 4.98 Å². The Kier molecular flexibility index (Phi) is 13.1. The first kappa shape index (κ1) is 20.2. The fraction of sp³-hybridized carbons (Fsp3) is 0.769. The average Bonchev–Trinajstić information content (AvgIpc) is 2.36. The summed E-state index contributed by atoms with van der Waals surface area (Å²) in [6, 6.07) is 0. The van der Waals surface area contributed by atoms with E-state index in [1.807, 2.05) is 0 Å². The Balaban J connectivity index is 0.00000361. The van der Waals surface area contributed by atoms with Crippen LogP contribution in [0.25, 0.3) is 0 Å². The molecule has 1 aromatic rings. The number of hydrogen-bond acceptors (Lipinski definition) is 5. The molecule has 1 rings (SSSR count). The monoisotopic (exact) mass is 322 g/mol. The number of hydrogen-bond donors (Lipinski definition) is 2. The summed E-state index contributed by atoms with van der Waals surface area (Å²) in [5.41, 5.74) is 0. The summed E-state index contributed by atoms with van der Waals surface area (Å²) in [6.45, 7) is 3.14. The van der Waals surface area contributed by atoms with Gasteiger partial charge in [-0.05, 0) is 23.8 Å². The molecule has 7 heteroatoms. The van der Waals surface area contributed by atoms with Crippen molar-refractivity contribution in [1.29, 1.82) is 0 Å². The van der Waals surface area contributed by atoms with E-state index in [-0.39, 0.29) is 29.6 Å². The maximum atomic E-state index is 4.94. The molecule has 4 nitrogen and oxygen atoms in total. The third-order valence-corrected chi connectivity index (χ3v) is 3.33. The van der Waals surface area contributed by atoms with Crippen molar-refractivity contribution >= 4 is 30.8 Å². The predicted molar refractivity (Wildman–Crippen MR) is 83.9 cm³/mol. The third kappa shape index (κ3) is 10.0. The van der Waals surface area contributed by atoms with Crippen LogP contribution >= 0.6 is 12.2 Å². The van der Waals surface area contributed by atoms with Crippen LogP contribution in [0.4, 0.5) is 5.95 Å². The van der Waals surface area contributed by atoms with E-state index < -0.39 is 0 Å². The van der Waals surface area contributed by atoms with Crippen LogP contribution in [0, 0.1) is 4.77 Å². The maximum Gasteiger partial charge on any atom is 1.00 e. The number of rotatable bonds is 10. The minimum Gasteiger partial charge on any atom is -0.742 e. The Morgan fingerprint density at radius 3 is 2.25 bits per heavy atom. The van der Waals surface area contributed by atoms with Gasteiger partial charge in [0.2, 0.25) is 10.7 Å². The molecule has 0 fully saturated rings. The number of aromatic nitrogens is 3. The largest absolute Gasteiger partial charge is 1.00 e. The SMILES string of the molecule is CCCCCCCCCCNc1nc(=S)nc([S-])[nH]1.[Na+]. The molecule has 2 N–H and O–H groups in total. The standard InChI is InChI=1S/C13H24N4S2.Na/c1-2-3-4-5-6-7-8-9-10-14-11-15-12(18)17-13(19)16-11;/h2-10H2,1H3,(H3,14,15,16,17,18,19);/q;+1/p-1. The molecule has 0 saturated heterocycles. The van der Waals surface area contributed by atoms with Crippen LogP contribution in [0.5, 0.6) is 0 Å². The Bertz CT molecular complexity index is 412. The minimum absolute atomic E-state index is 0. The minimum atomic E-state index is 0. The van der Waals surface area contributed by atoms with Crippen LogP contribution in [-0.4, -0.2) is 21.5 Å². The van der Waals surface area contributed by atoms with E-state index in [4.69, 9.17) is 24.8 Å². The van der Waals surface area contributed by atoms with Crippen LogP contribution in [0.15, 0.2) is 5.16 Å². The van der Waals surface area contributed by atoms with Gasteiger partial charge in [0.05, 0.1) is 0 Å². The quantitative estimate of drug-likeness (QED) is 0.291. The molecule has 20 heavy (non-hydrogen) atoms. The number of nitrogens with one attached hydrogen (secondary N) is 2. The first-order chi connectivity index (χ1) is 9.22. The van der Waals surface area contributed by atoms with Crippen LogP contribution in [0.1, 0.15) is 58.3 Å². The van der Waals surface area contributed by atoms with Crippen molar-refractivity contribution in [3.63, 3.8) is 0 Å². The summed E-state index contributed by atoms with van der Waals surface area (Å²) >= 11 is 9.85. The molecule has 0 amide bonds. The van der Waals surface area contributed by atoms with E-state index in [0.717, 1.165) is 13.0 Å². The second-order valence-electron chi connectivity index (χ2n) is 4.69. The Morgan fingerprint density at radius 1 is 1.05 bits per heavy atom. The van der Waals surface area contributed by atoms with Gasteiger partial charge in [0, 0.05) is 6.54 Å². The van der Waals surface area contributed by atoms with Crippen LogP contribution in [0.3, 0.4) is 0 Å². The first-order valence-electron chi connectivity index (χ1n) is 7.11. The third-order valence-electron chi connectivity index (χ3n) is 2.95. The van der Waals surface area contributed by atoms with Crippen LogP contribution in [0.2, 0.25) is 0 Å². The van der Waals surface area contributed by atoms with Gasteiger partial charge in [-0.25, -0.2) is 4.98 Å². The van der Waals surface area contributed by atoms with Gasteiger partial charge in [0.1, 0.15) is 0 Å². The van der Waals surface area contributed by atoms with Crippen molar-refractivity contribution < 1.29 is 29.6 Å². The van der Waals surface area contributed by atoms with Crippen molar-refractivity contribution in [3.05, 3.63) is 4.77 Å². The van der Waals surface area contributed by atoms with E-state index >= 15 is 0 Å². The molecule has 1 aromatic heterocycles. The zero-order valence-electron chi connectivity index (χ0n) is 12.6. The second-order valence-corrected chi connectivity index (χ2v) is 5.44. The Hall–Kier alpha value is 0.250. The zero-order valence-corrected chi connectivity index (χ0v) is 16.2. The number of aromatic amines is 1. The van der Waals surface area contributed by atoms with E-state index in [0.29, 0.717) is 15.9 Å². The van der Waals surface area contributed by atoms with Crippen LogP contribution in [-0.2, 0) is 12.6 Å². The van der Waals surface area contributed by atoms with E-state index in [9.17, 15) is 0 Å². The van der Waals surface area contributed by atoms with Crippen molar-refractivity contribution in [1.82, 2.24) is 15.0 Å². The number of unbranched alkanes of at least 4 members (excludes halogenated alkanes) is 7. The van der Waals surface area contributed by atoms with Crippen molar-refractivity contribution in [3.8, 4) is 0 Å². The molecule has 0 atom stereocenters. The molecule has 0 aliphatic heterocycles. The summed E-state index contributed by atoms with van der Waals surface area (Å²) < 4.78 is 0.294. The fourth-order valence-corrected chi connectivity index (χ4v) is 2.34. The normalized spacial score (nSPS) is 10.1. The number of nitrogens with zero attached hydrogens (tertiary/aromatic N) is 2. The van der Waals surface area contributed by atoms with E-state index in [1.54, 1.807) is 0 Å². The molecule has 0 saturated carbocycles. The Labute approximate surface area is 154 Å². The number of H-pyrrole nitrogens is 1. The summed E-state index contributed by atoms with van der Waals surface area (Å²) in [5.74, 6) is 0.632. The van der Waals surface area contributed by atoms with Gasteiger partial charge in [0.15, 0.2) is 0 Å². The van der Waals surface area contributed by atoms with Gasteiger partial charge < -0.3 is 22.9 Å². The van der Waals surface area contributed by atoms with Gasteiger partial charge >= 0.3 is 29.6 Å². The molecule has 1 heterocycles. The summed E-state index contributed by atoms with van der Waals surface area (Å²) in [5, 5.41) is 3.58. The summed E-state index contributed by atoms with van der Waals surface area (Å²) in [7, 11) is 0. The molecule has 0 aromatic carbocycles. The summed E-state index contributed by atoms with van der Waals surface area (Å²) in [6.07, 6.45) is 10.5. The van der Waals surface area contributed by atoms with Gasteiger partial charge in [-0.1, -0.05) is 51.9 Å². The predicted octanol–water partition coefficient (Wildman–Crippen LogP) is 0.997. The molecule has 0 unspecified atom stereocenters. The molecule has 108 valence electrons. The van der Waals surface area contributed by atoms with E-state index in [1.165, 1.54) is 44.9 Å². The molecular formula is C13H23N4NaS2. The van der Waals surface area contributed by atoms with Gasteiger partial charge in [-0.3, -0.25) is 0 Å². The van der Waals surface area contributed by atoms with Gasteiger partial charge in [-0.15, -0.1) is 0 Å². The molecular weight excluding hydrogens is 299 g/mol. The van der Waals surface area contributed by atoms with Crippen LogP contribution < -0.4 is 34.9 Å². The smallest absolute Gasteiger partial charge is 0.742 e. The maximum absolute atomic E-state index is 4.94. The first-order valence-corrected chi connectivity index (χ1v) is 7.93. The fourth-order valence-electron chi connectivity index (χ4n) is 1.91. The molecule has 0 aliphatic carbocycles. The topological polar surface area (TPSA) is 53.6 Å².